The van der Waals surface area contributed by atoms with E-state index in [1.807, 2.05) is 10.2 Å². The number of hydrogen-bond acceptors (Lipinski definition) is 4. The third-order valence-electron chi connectivity index (χ3n) is 2.04. The Morgan fingerprint density at radius 3 is 2.87 bits per heavy atom. The molecule has 7 nitrogen and oxygen atoms in total. The van der Waals surface area contributed by atoms with Crippen LogP contribution >= 0.6 is 0 Å². The molecule has 0 aromatic rings. The number of rotatable bonds is 3. The highest BCUT2D eigenvalue weighted by Gasteiger charge is 2.16. The molecule has 1 rings (SSSR count). The fourth-order valence-corrected chi connectivity index (χ4v) is 1.34. The number of amides is 4. The van der Waals surface area contributed by atoms with E-state index in [0.29, 0.717) is 19.6 Å². The molecule has 15 heavy (non-hydrogen) atoms. The molecular weight excluding hydrogens is 200 g/mol. The van der Waals surface area contributed by atoms with E-state index >= 15 is 0 Å². The molecule has 0 saturated carbocycles. The molecule has 4 amide bonds. The average Bonchev–Trinajstić information content (AvgIpc) is 2.14. The minimum Gasteiger partial charge on any atom is -0.354 e. The Labute approximate surface area is 87.0 Å². The van der Waals surface area contributed by atoms with Crippen molar-refractivity contribution in [3.63, 3.8) is 0 Å². The Balaban J connectivity index is 2.21. The number of urea groups is 1. The van der Waals surface area contributed by atoms with Crippen LogP contribution < -0.4 is 16.4 Å². The molecule has 0 aromatic heterocycles. The minimum atomic E-state index is -0.851. The van der Waals surface area contributed by atoms with Crippen LogP contribution in [0.5, 0.6) is 0 Å². The van der Waals surface area contributed by atoms with Crippen molar-refractivity contribution in [1.29, 1.82) is 0 Å². The fraction of sp³-hybridized carbons (Fsp3) is 0.625. The van der Waals surface area contributed by atoms with Gasteiger partial charge in [-0.2, -0.15) is 0 Å². The zero-order chi connectivity index (χ0) is 11.3. The summed E-state index contributed by atoms with van der Waals surface area (Å²) < 4.78 is 0. The van der Waals surface area contributed by atoms with E-state index in [4.69, 9.17) is 5.73 Å². The van der Waals surface area contributed by atoms with Gasteiger partial charge in [0.15, 0.2) is 0 Å². The minimum absolute atomic E-state index is 0.0449. The summed E-state index contributed by atoms with van der Waals surface area (Å²) in [5, 5.41) is 4.64. The maximum atomic E-state index is 11.0. The van der Waals surface area contributed by atoms with Gasteiger partial charge in [-0.05, 0) is 0 Å². The number of nitrogens with zero attached hydrogens (tertiary/aromatic N) is 1. The van der Waals surface area contributed by atoms with Gasteiger partial charge in [-0.25, -0.2) is 4.79 Å². The molecule has 0 spiro atoms. The van der Waals surface area contributed by atoms with Gasteiger partial charge in [0.25, 0.3) is 0 Å². The normalized spacial score (nSPS) is 16.9. The Morgan fingerprint density at radius 2 is 2.27 bits per heavy atom. The van der Waals surface area contributed by atoms with Crippen molar-refractivity contribution in [3.05, 3.63) is 0 Å². The number of nitrogens with two attached hydrogens (primary N) is 1. The van der Waals surface area contributed by atoms with Gasteiger partial charge in [-0.3, -0.25) is 19.8 Å². The molecule has 4 N–H and O–H groups in total. The molecular formula is C8H14N4O3. The first-order chi connectivity index (χ1) is 7.08. The number of carbonyl (C=O) groups is 3. The Hall–Kier alpha value is -1.63. The highest BCUT2D eigenvalue weighted by atomic mass is 16.2. The van der Waals surface area contributed by atoms with Crippen molar-refractivity contribution in [2.45, 2.75) is 6.42 Å². The van der Waals surface area contributed by atoms with Crippen molar-refractivity contribution < 1.29 is 14.4 Å². The largest absolute Gasteiger partial charge is 0.354 e. The van der Waals surface area contributed by atoms with E-state index in [0.717, 1.165) is 6.54 Å². The maximum absolute atomic E-state index is 11.0. The quantitative estimate of drug-likeness (QED) is 0.505. The lowest BCUT2D eigenvalue weighted by atomic mass is 10.3. The first-order valence-electron chi connectivity index (χ1n) is 4.66. The van der Waals surface area contributed by atoms with Gasteiger partial charge < -0.3 is 11.1 Å². The third kappa shape index (κ3) is 4.41. The van der Waals surface area contributed by atoms with Crippen molar-refractivity contribution in [2.24, 2.45) is 5.73 Å². The summed E-state index contributed by atoms with van der Waals surface area (Å²) in [4.78, 5) is 34.2. The molecule has 0 bridgehead atoms. The molecule has 1 saturated heterocycles. The highest BCUT2D eigenvalue weighted by Crippen LogP contribution is 1.95. The summed E-state index contributed by atoms with van der Waals surface area (Å²) >= 11 is 0. The van der Waals surface area contributed by atoms with Gasteiger partial charge in [-0.15, -0.1) is 0 Å². The summed E-state index contributed by atoms with van der Waals surface area (Å²) in [6, 6.07) is -0.851. The molecule has 1 aliphatic rings. The second-order valence-electron chi connectivity index (χ2n) is 3.29. The molecule has 0 aliphatic carbocycles. The van der Waals surface area contributed by atoms with Crippen molar-refractivity contribution >= 4 is 17.8 Å². The molecule has 1 fully saturated rings. The van der Waals surface area contributed by atoms with Gasteiger partial charge in [0, 0.05) is 26.1 Å². The highest BCUT2D eigenvalue weighted by molar-refractivity contribution is 5.93. The van der Waals surface area contributed by atoms with Crippen molar-refractivity contribution in [1.82, 2.24) is 15.5 Å². The maximum Gasteiger partial charge on any atom is 0.318 e. The van der Waals surface area contributed by atoms with Crippen LogP contribution in [0, 0.1) is 0 Å². The topological polar surface area (TPSA) is 105 Å². The zero-order valence-electron chi connectivity index (χ0n) is 8.28. The SMILES string of the molecule is NC(=O)NC(=O)CCN1CCNC(=O)C1. The number of carbonyl (C=O) groups excluding carboxylic acids is 3. The molecule has 0 radical (unpaired) electrons. The Morgan fingerprint density at radius 1 is 1.53 bits per heavy atom. The summed E-state index contributed by atoms with van der Waals surface area (Å²) in [5.41, 5.74) is 4.78. The Bertz CT molecular complexity index is 279. The second kappa shape index (κ2) is 5.30. The molecule has 1 aliphatic heterocycles. The molecule has 0 aromatic carbocycles. The smallest absolute Gasteiger partial charge is 0.318 e. The van der Waals surface area contributed by atoms with E-state index < -0.39 is 11.9 Å². The van der Waals surface area contributed by atoms with Gasteiger partial charge in [0.2, 0.25) is 11.8 Å². The van der Waals surface area contributed by atoms with E-state index in [9.17, 15) is 14.4 Å². The zero-order valence-corrected chi connectivity index (χ0v) is 8.28. The molecule has 84 valence electrons. The van der Waals surface area contributed by atoms with Crippen LogP contribution in [0.25, 0.3) is 0 Å². The van der Waals surface area contributed by atoms with Crippen LogP contribution in [0.3, 0.4) is 0 Å². The van der Waals surface area contributed by atoms with Gasteiger partial charge in [-0.1, -0.05) is 0 Å². The van der Waals surface area contributed by atoms with E-state index in [2.05, 4.69) is 5.32 Å². The van der Waals surface area contributed by atoms with Crippen molar-refractivity contribution in [2.75, 3.05) is 26.2 Å². The van der Waals surface area contributed by atoms with Crippen LogP contribution in [0.1, 0.15) is 6.42 Å². The predicted octanol–water partition coefficient (Wildman–Crippen LogP) is -2.00. The van der Waals surface area contributed by atoms with Crippen LogP contribution in [0.15, 0.2) is 0 Å². The van der Waals surface area contributed by atoms with Crippen LogP contribution in [-0.2, 0) is 9.59 Å². The third-order valence-corrected chi connectivity index (χ3v) is 2.04. The van der Waals surface area contributed by atoms with Crippen molar-refractivity contribution in [3.8, 4) is 0 Å². The first kappa shape index (κ1) is 11.4. The van der Waals surface area contributed by atoms with Gasteiger partial charge >= 0.3 is 6.03 Å². The average molecular weight is 214 g/mol. The number of nitrogens with one attached hydrogen (secondary N) is 2. The lowest BCUT2D eigenvalue weighted by Gasteiger charge is -2.25. The number of piperazine rings is 1. The molecule has 0 atom stereocenters. The summed E-state index contributed by atoms with van der Waals surface area (Å²) in [6.45, 7) is 2.06. The lowest BCUT2D eigenvalue weighted by molar-refractivity contribution is -0.125. The number of hydrogen-bond donors (Lipinski definition) is 3. The van der Waals surface area contributed by atoms with Gasteiger partial charge in [0.1, 0.15) is 0 Å². The fourth-order valence-electron chi connectivity index (χ4n) is 1.34. The molecule has 1 heterocycles. The monoisotopic (exact) mass is 214 g/mol. The van der Waals surface area contributed by atoms with Gasteiger partial charge in [0.05, 0.1) is 6.54 Å². The van der Waals surface area contributed by atoms with E-state index in [1.165, 1.54) is 0 Å². The lowest BCUT2D eigenvalue weighted by Crippen LogP contribution is -2.48. The predicted molar refractivity (Wildman–Crippen MR) is 51.8 cm³/mol. The second-order valence-corrected chi connectivity index (χ2v) is 3.29. The molecule has 7 heteroatoms. The first-order valence-corrected chi connectivity index (χ1v) is 4.66. The summed E-state index contributed by atoms with van der Waals surface area (Å²) in [7, 11) is 0. The van der Waals surface area contributed by atoms with Crippen LogP contribution in [-0.4, -0.2) is 48.9 Å². The standard InChI is InChI=1S/C8H14N4O3/c9-8(15)11-6(13)1-3-12-4-2-10-7(14)5-12/h1-5H2,(H,10,14)(H3,9,11,13,15). The Kier molecular flexibility index (Phi) is 4.04. The number of primary amides is 1. The van der Waals surface area contributed by atoms with Crippen LogP contribution in [0.2, 0.25) is 0 Å². The summed E-state index contributed by atoms with van der Waals surface area (Å²) in [5.74, 6) is -0.468. The van der Waals surface area contributed by atoms with Crippen LogP contribution in [0.4, 0.5) is 4.79 Å². The van der Waals surface area contributed by atoms with E-state index in [1.54, 1.807) is 0 Å². The van der Waals surface area contributed by atoms with E-state index in [-0.39, 0.29) is 12.3 Å². The number of imide groups is 1. The summed E-state index contributed by atoms with van der Waals surface area (Å²) in [6.07, 6.45) is 0.163. The molecule has 0 unspecified atom stereocenters.